The molecule has 0 saturated heterocycles. The van der Waals surface area contributed by atoms with Crippen LogP contribution in [-0.4, -0.2) is 31.0 Å². The zero-order valence-corrected chi connectivity index (χ0v) is 16.0. The predicted octanol–water partition coefficient (Wildman–Crippen LogP) is 2.99. The lowest BCUT2D eigenvalue weighted by atomic mass is 10.1. The number of nitro groups is 1. The van der Waals surface area contributed by atoms with Gasteiger partial charge in [0.05, 0.1) is 10.2 Å². The third-order valence-corrected chi connectivity index (χ3v) is 5.03. The molecule has 3 aromatic rings. The number of amides is 1. The van der Waals surface area contributed by atoms with Gasteiger partial charge in [-0.1, -0.05) is 41.6 Å². The molecule has 1 unspecified atom stereocenters. The largest absolute Gasteiger partial charge is 0.335 e. The minimum atomic E-state index is -0.507. The molecule has 1 heterocycles. The number of hydrogen-bond acceptors (Lipinski definition) is 7. The van der Waals surface area contributed by atoms with Crippen molar-refractivity contribution in [2.24, 2.45) is 0 Å². The Bertz CT molecular complexity index is 1000. The van der Waals surface area contributed by atoms with Crippen LogP contribution in [0.15, 0.2) is 53.7 Å². The Hall–Kier alpha value is -3.40. The van der Waals surface area contributed by atoms with Gasteiger partial charge in [0.15, 0.2) is 5.82 Å². The summed E-state index contributed by atoms with van der Waals surface area (Å²) in [6, 6.07) is 13.3. The SMILES string of the molecule is Cc1ccc(-c2nnc(SC(C)C(=O)Nc3ccc([N+](=O)[O-])cc3)n2N)cc1. The summed E-state index contributed by atoms with van der Waals surface area (Å²) in [4.78, 5) is 22.6. The highest BCUT2D eigenvalue weighted by atomic mass is 32.2. The molecule has 0 aliphatic carbocycles. The molecule has 2 aromatic carbocycles. The third kappa shape index (κ3) is 4.29. The molecule has 0 saturated carbocycles. The molecule has 1 amide bonds. The van der Waals surface area contributed by atoms with E-state index in [4.69, 9.17) is 5.84 Å². The van der Waals surface area contributed by atoms with Gasteiger partial charge in [-0.05, 0) is 26.0 Å². The Labute approximate surface area is 165 Å². The Kier molecular flexibility index (Phi) is 5.59. The summed E-state index contributed by atoms with van der Waals surface area (Å²) < 4.78 is 1.35. The van der Waals surface area contributed by atoms with Crippen molar-refractivity contribution >= 4 is 29.0 Å². The quantitative estimate of drug-likeness (QED) is 0.282. The molecule has 1 aromatic heterocycles. The van der Waals surface area contributed by atoms with Crippen LogP contribution in [0.25, 0.3) is 11.4 Å². The summed E-state index contributed by atoms with van der Waals surface area (Å²) in [6.07, 6.45) is 0. The lowest BCUT2D eigenvalue weighted by Gasteiger charge is -2.11. The van der Waals surface area contributed by atoms with E-state index in [2.05, 4.69) is 15.5 Å². The Morgan fingerprint density at radius 2 is 1.82 bits per heavy atom. The van der Waals surface area contributed by atoms with Gasteiger partial charge in [0.2, 0.25) is 11.1 Å². The number of nitrogens with zero attached hydrogens (tertiary/aromatic N) is 4. The molecule has 10 heteroatoms. The highest BCUT2D eigenvalue weighted by Crippen LogP contribution is 2.26. The number of nitrogens with one attached hydrogen (secondary N) is 1. The standard InChI is InChI=1S/C18H18N6O3S/c1-11-3-5-13(6-4-11)16-21-22-18(23(16)19)28-12(2)17(25)20-14-7-9-15(10-8-14)24(26)27/h3-10,12H,19H2,1-2H3,(H,20,25). The van der Waals surface area contributed by atoms with Crippen molar-refractivity contribution in [2.75, 3.05) is 11.2 Å². The van der Waals surface area contributed by atoms with E-state index in [9.17, 15) is 14.9 Å². The first-order valence-electron chi connectivity index (χ1n) is 8.34. The zero-order chi connectivity index (χ0) is 20.3. The molecule has 0 fully saturated rings. The van der Waals surface area contributed by atoms with E-state index in [1.165, 1.54) is 40.7 Å². The van der Waals surface area contributed by atoms with E-state index in [0.29, 0.717) is 16.7 Å². The molecule has 0 aliphatic rings. The van der Waals surface area contributed by atoms with E-state index < -0.39 is 10.2 Å². The maximum atomic E-state index is 12.4. The predicted molar refractivity (Wildman–Crippen MR) is 107 cm³/mol. The molecule has 0 spiro atoms. The Morgan fingerprint density at radius 3 is 2.43 bits per heavy atom. The average molecular weight is 398 g/mol. The Balaban J connectivity index is 1.67. The molecule has 1 atom stereocenters. The topological polar surface area (TPSA) is 129 Å². The molecule has 144 valence electrons. The smallest absolute Gasteiger partial charge is 0.269 e. The van der Waals surface area contributed by atoms with Gasteiger partial charge in [0.1, 0.15) is 0 Å². The maximum Gasteiger partial charge on any atom is 0.269 e. The fourth-order valence-electron chi connectivity index (χ4n) is 2.38. The maximum absolute atomic E-state index is 12.4. The average Bonchev–Trinajstić information content (AvgIpc) is 3.03. The number of nitrogen functional groups attached to an aromatic ring is 1. The lowest BCUT2D eigenvalue weighted by Crippen LogP contribution is -2.23. The number of aryl methyl sites for hydroxylation is 1. The number of carbonyl (C=O) groups is 1. The number of rotatable bonds is 6. The van der Waals surface area contributed by atoms with Crippen LogP contribution < -0.4 is 11.2 Å². The van der Waals surface area contributed by atoms with E-state index in [1.54, 1.807) is 6.92 Å². The van der Waals surface area contributed by atoms with Crippen LogP contribution in [0.5, 0.6) is 0 Å². The number of thioether (sulfide) groups is 1. The summed E-state index contributed by atoms with van der Waals surface area (Å²) in [5.41, 5.74) is 2.38. The summed E-state index contributed by atoms with van der Waals surface area (Å²) >= 11 is 1.17. The van der Waals surface area contributed by atoms with Gasteiger partial charge in [-0.25, -0.2) is 4.68 Å². The number of carbonyl (C=O) groups excluding carboxylic acids is 1. The molecule has 9 nitrogen and oxygen atoms in total. The van der Waals surface area contributed by atoms with Gasteiger partial charge in [-0.2, -0.15) is 0 Å². The molecule has 0 radical (unpaired) electrons. The van der Waals surface area contributed by atoms with Crippen LogP contribution in [0, 0.1) is 17.0 Å². The van der Waals surface area contributed by atoms with Gasteiger partial charge >= 0.3 is 0 Å². The second kappa shape index (κ2) is 8.09. The second-order valence-corrected chi connectivity index (χ2v) is 7.40. The van der Waals surface area contributed by atoms with Crippen molar-refractivity contribution in [3.63, 3.8) is 0 Å². The molecular weight excluding hydrogens is 380 g/mol. The van der Waals surface area contributed by atoms with Crippen molar-refractivity contribution < 1.29 is 9.72 Å². The molecule has 3 N–H and O–H groups in total. The molecule has 3 rings (SSSR count). The highest BCUT2D eigenvalue weighted by Gasteiger charge is 2.20. The fraction of sp³-hybridized carbons (Fsp3) is 0.167. The van der Waals surface area contributed by atoms with Crippen molar-refractivity contribution in [3.8, 4) is 11.4 Å². The first-order chi connectivity index (χ1) is 13.3. The zero-order valence-electron chi connectivity index (χ0n) is 15.2. The number of anilines is 1. The lowest BCUT2D eigenvalue weighted by molar-refractivity contribution is -0.384. The van der Waals surface area contributed by atoms with Crippen LogP contribution in [0.2, 0.25) is 0 Å². The number of nitrogens with two attached hydrogens (primary N) is 1. The first-order valence-corrected chi connectivity index (χ1v) is 9.22. The molecular formula is C18H18N6O3S. The number of non-ortho nitro benzene ring substituents is 1. The van der Waals surface area contributed by atoms with Crippen molar-refractivity contribution in [2.45, 2.75) is 24.3 Å². The summed E-state index contributed by atoms with van der Waals surface area (Å²) in [5.74, 6) is 6.32. The van der Waals surface area contributed by atoms with Gasteiger partial charge in [0, 0.05) is 23.4 Å². The minimum absolute atomic E-state index is 0.0414. The highest BCUT2D eigenvalue weighted by molar-refractivity contribution is 8.00. The molecule has 0 bridgehead atoms. The summed E-state index contributed by atoms with van der Waals surface area (Å²) in [5, 5.41) is 21.5. The van der Waals surface area contributed by atoms with Crippen LogP contribution >= 0.6 is 11.8 Å². The minimum Gasteiger partial charge on any atom is -0.335 e. The van der Waals surface area contributed by atoms with E-state index in [0.717, 1.165) is 11.1 Å². The third-order valence-electron chi connectivity index (χ3n) is 3.97. The summed E-state index contributed by atoms with van der Waals surface area (Å²) in [7, 11) is 0. The number of nitro benzene ring substituents is 1. The van der Waals surface area contributed by atoms with E-state index >= 15 is 0 Å². The van der Waals surface area contributed by atoms with Gasteiger partial charge < -0.3 is 11.2 Å². The fourth-order valence-corrected chi connectivity index (χ4v) is 3.15. The number of hydrogen-bond donors (Lipinski definition) is 2. The van der Waals surface area contributed by atoms with Gasteiger partial charge in [0.25, 0.3) is 5.69 Å². The van der Waals surface area contributed by atoms with E-state index in [-0.39, 0.29) is 11.6 Å². The Morgan fingerprint density at radius 1 is 1.18 bits per heavy atom. The molecule has 28 heavy (non-hydrogen) atoms. The monoisotopic (exact) mass is 398 g/mol. The van der Waals surface area contributed by atoms with Crippen molar-refractivity contribution in [3.05, 3.63) is 64.2 Å². The van der Waals surface area contributed by atoms with Crippen LogP contribution in [0.1, 0.15) is 12.5 Å². The van der Waals surface area contributed by atoms with Gasteiger partial charge in [-0.15, -0.1) is 10.2 Å². The first kappa shape index (κ1) is 19.4. The van der Waals surface area contributed by atoms with Crippen molar-refractivity contribution in [1.82, 2.24) is 14.9 Å². The van der Waals surface area contributed by atoms with Crippen LogP contribution in [0.4, 0.5) is 11.4 Å². The van der Waals surface area contributed by atoms with Gasteiger partial charge in [-0.3, -0.25) is 14.9 Å². The van der Waals surface area contributed by atoms with Crippen LogP contribution in [-0.2, 0) is 4.79 Å². The van der Waals surface area contributed by atoms with Crippen molar-refractivity contribution in [1.29, 1.82) is 0 Å². The summed E-state index contributed by atoms with van der Waals surface area (Å²) in [6.45, 7) is 3.70. The van der Waals surface area contributed by atoms with Crippen LogP contribution in [0.3, 0.4) is 0 Å². The second-order valence-electron chi connectivity index (χ2n) is 6.10. The molecule has 0 aliphatic heterocycles. The number of aromatic nitrogens is 3. The number of benzene rings is 2. The normalized spacial score (nSPS) is 11.8. The van der Waals surface area contributed by atoms with E-state index in [1.807, 2.05) is 31.2 Å².